The summed E-state index contributed by atoms with van der Waals surface area (Å²) >= 11 is 5.76. The summed E-state index contributed by atoms with van der Waals surface area (Å²) in [6, 6.07) is 20.5. The lowest BCUT2D eigenvalue weighted by molar-refractivity contribution is 0.0697. The van der Waals surface area contributed by atoms with Crippen LogP contribution in [-0.4, -0.2) is 35.8 Å². The number of nitrogens with one attached hydrogen (secondary N) is 2. The van der Waals surface area contributed by atoms with E-state index < -0.39 is 22.0 Å². The van der Waals surface area contributed by atoms with E-state index in [1.54, 1.807) is 30.5 Å². The zero-order valence-electron chi connectivity index (χ0n) is 20.5. The van der Waals surface area contributed by atoms with Crippen LogP contribution in [0, 0.1) is 6.92 Å². The molecule has 3 heterocycles. The van der Waals surface area contributed by atoms with Crippen LogP contribution in [0.3, 0.4) is 0 Å². The maximum Gasteiger partial charge on any atom is 0.335 e. The Balaban J connectivity index is 1.56. The summed E-state index contributed by atoms with van der Waals surface area (Å²) < 4.78 is 32.4. The highest BCUT2D eigenvalue weighted by Crippen LogP contribution is 2.43. The van der Waals surface area contributed by atoms with Crippen LogP contribution in [0.1, 0.15) is 39.5 Å². The highest BCUT2D eigenvalue weighted by atomic mass is 32.2. The molecule has 2 unspecified atom stereocenters. The number of nitrogens with zero attached hydrogens (tertiary/aromatic N) is 2. The zero-order chi connectivity index (χ0) is 27.0. The van der Waals surface area contributed by atoms with Crippen molar-refractivity contribution in [3.63, 3.8) is 0 Å². The molecule has 0 aliphatic carbocycles. The van der Waals surface area contributed by atoms with E-state index in [4.69, 9.17) is 16.6 Å². The van der Waals surface area contributed by atoms with Crippen LogP contribution in [0.15, 0.2) is 83.4 Å². The van der Waals surface area contributed by atoms with Crippen molar-refractivity contribution >= 4 is 44.7 Å². The summed E-state index contributed by atoms with van der Waals surface area (Å²) in [5, 5.41) is 13.0. The highest BCUT2D eigenvalue weighted by Gasteiger charge is 2.42. The first-order chi connectivity index (χ1) is 18.1. The minimum Gasteiger partial charge on any atom is -0.478 e. The molecule has 4 aromatic rings. The lowest BCUT2D eigenvalue weighted by Gasteiger charge is -2.26. The Hall–Kier alpha value is -4.22. The number of pyridine rings is 1. The number of aromatic nitrogens is 1. The lowest BCUT2D eigenvalue weighted by Crippen LogP contribution is -2.29. The fourth-order valence-electron chi connectivity index (χ4n) is 4.48. The zero-order valence-corrected chi connectivity index (χ0v) is 22.1. The quantitative estimate of drug-likeness (QED) is 0.277. The van der Waals surface area contributed by atoms with Gasteiger partial charge in [-0.15, -0.1) is 0 Å². The number of hydrogen-bond donors (Lipinski definition) is 3. The molecule has 194 valence electrons. The third-order valence-electron chi connectivity index (χ3n) is 6.22. The number of furan rings is 1. The van der Waals surface area contributed by atoms with Gasteiger partial charge in [-0.05, 0) is 79.3 Å². The predicted molar refractivity (Wildman–Crippen MR) is 149 cm³/mol. The number of anilines is 2. The van der Waals surface area contributed by atoms with Crippen molar-refractivity contribution < 1.29 is 22.7 Å². The van der Waals surface area contributed by atoms with Crippen molar-refractivity contribution in [2.24, 2.45) is 0 Å². The molecular weight excluding hydrogens is 524 g/mol. The van der Waals surface area contributed by atoms with Crippen LogP contribution in [-0.2, 0) is 10.0 Å². The van der Waals surface area contributed by atoms with E-state index in [1.165, 1.54) is 12.1 Å². The number of carboxylic acids is 1. The van der Waals surface area contributed by atoms with Gasteiger partial charge in [-0.3, -0.25) is 9.71 Å². The molecule has 2 atom stereocenters. The Labute approximate surface area is 225 Å². The molecule has 0 saturated carbocycles. The number of hydrogen-bond acceptors (Lipinski definition) is 6. The van der Waals surface area contributed by atoms with Crippen molar-refractivity contribution in [3.05, 3.63) is 102 Å². The Kier molecular flexibility index (Phi) is 6.64. The second kappa shape index (κ2) is 9.92. The predicted octanol–water partition coefficient (Wildman–Crippen LogP) is 4.90. The Morgan fingerprint density at radius 3 is 2.50 bits per heavy atom. The summed E-state index contributed by atoms with van der Waals surface area (Å²) in [4.78, 5) is 17.7. The van der Waals surface area contributed by atoms with Gasteiger partial charge in [0.1, 0.15) is 17.6 Å². The van der Waals surface area contributed by atoms with Crippen LogP contribution >= 0.6 is 12.2 Å². The maximum absolute atomic E-state index is 11.8. The van der Waals surface area contributed by atoms with Crippen molar-refractivity contribution in [3.8, 4) is 11.3 Å². The Morgan fingerprint density at radius 2 is 1.87 bits per heavy atom. The second-order valence-corrected chi connectivity index (χ2v) is 11.1. The summed E-state index contributed by atoms with van der Waals surface area (Å²) in [5.74, 6) is 0.212. The number of sulfonamides is 1. The molecule has 9 nitrogen and oxygen atoms in total. The number of aryl methyl sites for hydroxylation is 1. The van der Waals surface area contributed by atoms with Gasteiger partial charge >= 0.3 is 5.97 Å². The first kappa shape index (κ1) is 25.4. The topological polar surface area (TPSA) is 125 Å². The Morgan fingerprint density at radius 1 is 1.11 bits per heavy atom. The number of benzene rings is 2. The first-order valence-corrected chi connectivity index (χ1v) is 13.9. The van der Waals surface area contributed by atoms with Gasteiger partial charge in [-0.1, -0.05) is 18.2 Å². The average Bonchev–Trinajstić information content (AvgIpc) is 3.50. The first-order valence-electron chi connectivity index (χ1n) is 11.6. The van der Waals surface area contributed by atoms with Crippen LogP contribution in [0.2, 0.25) is 0 Å². The van der Waals surface area contributed by atoms with Crippen molar-refractivity contribution in [1.82, 2.24) is 10.3 Å². The molecule has 11 heteroatoms. The summed E-state index contributed by atoms with van der Waals surface area (Å²) in [6.07, 6.45) is 2.82. The number of aromatic carboxylic acids is 1. The van der Waals surface area contributed by atoms with E-state index in [1.807, 2.05) is 48.2 Å². The minimum atomic E-state index is -3.43. The fraction of sp³-hybridized carbons (Fsp3) is 0.148. The molecule has 5 rings (SSSR count). The fourth-order valence-corrected chi connectivity index (χ4v) is 5.45. The number of carboxylic acid groups (broad SMARTS) is 1. The third kappa shape index (κ3) is 5.11. The standard InChI is InChI=1S/C27H24N4O5S2/c1-16-15-19(10-11-20(16)30-38(2,34)35)31-25(24(29-27(31)37)21-5-3-4-14-28-21)23-13-12-22(36-23)17-6-8-18(9-7-17)26(32)33/h3-15,24-25,30H,1-2H3,(H,29,37)(H,32,33). The molecule has 3 N–H and O–H groups in total. The number of rotatable bonds is 7. The molecule has 0 radical (unpaired) electrons. The van der Waals surface area contributed by atoms with E-state index in [0.29, 0.717) is 22.3 Å². The number of thiocarbonyl (C=S) groups is 1. The molecule has 2 aromatic carbocycles. The van der Waals surface area contributed by atoms with E-state index in [2.05, 4.69) is 15.0 Å². The highest BCUT2D eigenvalue weighted by molar-refractivity contribution is 7.92. The molecule has 1 aliphatic rings. The second-order valence-electron chi connectivity index (χ2n) is 8.95. The van der Waals surface area contributed by atoms with Crippen molar-refractivity contribution in [1.29, 1.82) is 0 Å². The van der Waals surface area contributed by atoms with E-state index >= 15 is 0 Å². The molecule has 1 aliphatic heterocycles. The van der Waals surface area contributed by atoms with Gasteiger partial charge in [0.2, 0.25) is 10.0 Å². The third-order valence-corrected chi connectivity index (χ3v) is 7.12. The SMILES string of the molecule is Cc1cc(N2C(=S)NC(c3ccccn3)C2c2ccc(-c3ccc(C(=O)O)cc3)o2)ccc1NS(C)(=O)=O. The summed E-state index contributed by atoms with van der Waals surface area (Å²) in [6.45, 7) is 1.82. The van der Waals surface area contributed by atoms with Gasteiger partial charge in [0.15, 0.2) is 5.11 Å². The normalized spacial score (nSPS) is 17.3. The molecule has 0 bridgehead atoms. The van der Waals surface area contributed by atoms with Gasteiger partial charge in [-0.25, -0.2) is 13.2 Å². The molecule has 1 saturated heterocycles. The van der Waals surface area contributed by atoms with Crippen molar-refractivity contribution in [2.75, 3.05) is 15.9 Å². The van der Waals surface area contributed by atoms with Crippen LogP contribution in [0.4, 0.5) is 11.4 Å². The monoisotopic (exact) mass is 548 g/mol. The van der Waals surface area contributed by atoms with Crippen LogP contribution in [0.25, 0.3) is 11.3 Å². The smallest absolute Gasteiger partial charge is 0.335 e. The maximum atomic E-state index is 11.8. The molecule has 38 heavy (non-hydrogen) atoms. The van der Waals surface area contributed by atoms with Gasteiger partial charge in [0.25, 0.3) is 0 Å². The molecule has 0 spiro atoms. The Bertz CT molecular complexity index is 1620. The molecular formula is C27H24N4O5S2. The molecule has 2 aromatic heterocycles. The van der Waals surface area contributed by atoms with Gasteiger partial charge in [0.05, 0.1) is 29.2 Å². The van der Waals surface area contributed by atoms with Crippen molar-refractivity contribution in [2.45, 2.75) is 19.0 Å². The molecule has 0 amide bonds. The summed E-state index contributed by atoms with van der Waals surface area (Å²) in [7, 11) is -3.43. The van der Waals surface area contributed by atoms with Gasteiger partial charge < -0.3 is 19.7 Å². The van der Waals surface area contributed by atoms with Gasteiger partial charge in [-0.2, -0.15) is 0 Å². The lowest BCUT2D eigenvalue weighted by atomic mass is 10.0. The number of carbonyl (C=O) groups is 1. The van der Waals surface area contributed by atoms with E-state index in [-0.39, 0.29) is 11.6 Å². The van der Waals surface area contributed by atoms with Crippen LogP contribution in [0.5, 0.6) is 0 Å². The largest absolute Gasteiger partial charge is 0.478 e. The van der Waals surface area contributed by atoms with E-state index in [9.17, 15) is 18.3 Å². The minimum absolute atomic E-state index is 0.191. The van der Waals surface area contributed by atoms with E-state index in [0.717, 1.165) is 28.8 Å². The van der Waals surface area contributed by atoms with Gasteiger partial charge in [0, 0.05) is 17.4 Å². The average molecular weight is 549 g/mol. The van der Waals surface area contributed by atoms with Crippen LogP contribution < -0.4 is 14.9 Å². The summed E-state index contributed by atoms with van der Waals surface area (Å²) in [5.41, 5.74) is 3.68. The molecule has 1 fully saturated rings.